The fourth-order valence-corrected chi connectivity index (χ4v) is 7.86. The molecule has 0 bridgehead atoms. The lowest BCUT2D eigenvalue weighted by Crippen LogP contribution is -2.47. The number of aromatic nitrogens is 4. The van der Waals surface area contributed by atoms with E-state index in [-0.39, 0.29) is 17.9 Å². The number of thiazole rings is 1. The highest BCUT2D eigenvalue weighted by atomic mass is 32.1. The third kappa shape index (κ3) is 6.04. The van der Waals surface area contributed by atoms with Gasteiger partial charge in [0.1, 0.15) is 0 Å². The largest absolute Gasteiger partial charge is 0.379 e. The first kappa shape index (κ1) is 28.8. The molecule has 1 saturated heterocycles. The maximum Gasteiger partial charge on any atom is 0.224 e. The topological polar surface area (TPSA) is 114 Å². The molecule has 0 atom stereocenters. The van der Waals surface area contributed by atoms with Crippen LogP contribution in [0.2, 0.25) is 0 Å². The van der Waals surface area contributed by atoms with Crippen LogP contribution in [-0.2, 0) is 33.6 Å². The SMILES string of the molecule is CC(=O)Nc1nc2c(s1)-c1c(c(-c3cccnc3)nn1-c1ccc(CC(=O)N[C@H]3CC[C@H](N4CCOCC4)CC3)cc1)CC2. The zero-order chi connectivity index (χ0) is 30.0. The number of benzene rings is 1. The summed E-state index contributed by atoms with van der Waals surface area (Å²) in [6.45, 7) is 5.20. The van der Waals surface area contributed by atoms with Gasteiger partial charge >= 0.3 is 0 Å². The number of fused-ring (bicyclic) bond motifs is 3. The molecule has 1 aliphatic heterocycles. The Morgan fingerprint density at radius 1 is 1.05 bits per heavy atom. The third-order valence-electron chi connectivity index (χ3n) is 8.90. The summed E-state index contributed by atoms with van der Waals surface area (Å²) in [5.74, 6) is -0.0659. The van der Waals surface area contributed by atoms with E-state index in [9.17, 15) is 9.59 Å². The molecule has 1 saturated carbocycles. The highest BCUT2D eigenvalue weighted by molar-refractivity contribution is 7.19. The quantitative estimate of drug-likeness (QED) is 0.318. The zero-order valence-corrected chi connectivity index (χ0v) is 25.7. The number of amides is 2. The van der Waals surface area contributed by atoms with E-state index in [2.05, 4.69) is 20.5 Å². The summed E-state index contributed by atoms with van der Waals surface area (Å²) in [5.41, 5.74) is 6.85. The molecule has 0 unspecified atom stereocenters. The normalized spacial score (nSPS) is 20.0. The van der Waals surface area contributed by atoms with E-state index in [0.717, 1.165) is 109 Å². The van der Waals surface area contributed by atoms with E-state index in [1.54, 1.807) is 6.20 Å². The first-order valence-electron chi connectivity index (χ1n) is 15.5. The summed E-state index contributed by atoms with van der Waals surface area (Å²) in [5, 5.41) is 11.8. The molecule has 1 aromatic carbocycles. The van der Waals surface area contributed by atoms with E-state index < -0.39 is 0 Å². The van der Waals surface area contributed by atoms with Crippen LogP contribution in [0, 0.1) is 0 Å². The molecule has 0 spiro atoms. The second-order valence-corrected chi connectivity index (χ2v) is 12.9. The fourth-order valence-electron chi connectivity index (χ4n) is 6.74. The van der Waals surface area contributed by atoms with Gasteiger partial charge in [0.05, 0.1) is 47.3 Å². The van der Waals surface area contributed by atoms with E-state index in [0.29, 0.717) is 17.6 Å². The minimum atomic E-state index is -0.138. The second-order valence-electron chi connectivity index (χ2n) is 11.9. The first-order chi connectivity index (χ1) is 21.5. The average molecular weight is 612 g/mol. The van der Waals surface area contributed by atoms with Crippen molar-refractivity contribution < 1.29 is 14.3 Å². The van der Waals surface area contributed by atoms with Crippen LogP contribution >= 0.6 is 11.3 Å². The van der Waals surface area contributed by atoms with Crippen molar-refractivity contribution in [2.75, 3.05) is 31.6 Å². The third-order valence-corrected chi connectivity index (χ3v) is 9.91. The van der Waals surface area contributed by atoms with Gasteiger partial charge in [-0.15, -0.1) is 0 Å². The minimum absolute atomic E-state index is 0.0720. The Labute approximate surface area is 260 Å². The predicted octanol–water partition coefficient (Wildman–Crippen LogP) is 4.42. The molecule has 2 amide bonds. The molecule has 11 heteroatoms. The smallest absolute Gasteiger partial charge is 0.224 e. The van der Waals surface area contributed by atoms with Gasteiger partial charge in [-0.05, 0) is 68.4 Å². The number of aryl methyl sites for hydroxylation is 1. The predicted molar refractivity (Wildman–Crippen MR) is 170 cm³/mol. The molecule has 2 fully saturated rings. The lowest BCUT2D eigenvalue weighted by molar-refractivity contribution is -0.121. The Morgan fingerprint density at radius 2 is 1.84 bits per heavy atom. The van der Waals surface area contributed by atoms with Crippen LogP contribution < -0.4 is 10.6 Å². The van der Waals surface area contributed by atoms with Crippen LogP contribution in [-0.4, -0.2) is 74.8 Å². The molecule has 4 aromatic rings. The van der Waals surface area contributed by atoms with Gasteiger partial charge in [-0.3, -0.25) is 19.5 Å². The number of nitrogens with one attached hydrogen (secondary N) is 2. The van der Waals surface area contributed by atoms with E-state index in [1.165, 1.54) is 18.3 Å². The van der Waals surface area contributed by atoms with Crippen molar-refractivity contribution in [1.82, 2.24) is 30.0 Å². The van der Waals surface area contributed by atoms with Crippen LogP contribution in [0.5, 0.6) is 0 Å². The molecule has 228 valence electrons. The van der Waals surface area contributed by atoms with Gasteiger partial charge in [-0.1, -0.05) is 23.5 Å². The van der Waals surface area contributed by atoms with Crippen molar-refractivity contribution in [3.8, 4) is 27.5 Å². The number of ether oxygens (including phenoxy) is 1. The van der Waals surface area contributed by atoms with Crippen LogP contribution in [0.1, 0.15) is 49.4 Å². The molecule has 0 radical (unpaired) electrons. The van der Waals surface area contributed by atoms with Crippen LogP contribution in [0.25, 0.3) is 27.5 Å². The van der Waals surface area contributed by atoms with Crippen LogP contribution in [0.3, 0.4) is 0 Å². The minimum Gasteiger partial charge on any atom is -0.379 e. The summed E-state index contributed by atoms with van der Waals surface area (Å²) in [6, 6.07) is 12.9. The number of carbonyl (C=O) groups excluding carboxylic acids is 2. The number of nitrogens with zero attached hydrogens (tertiary/aromatic N) is 5. The number of anilines is 1. The lowest BCUT2D eigenvalue weighted by atomic mass is 9.89. The van der Waals surface area contributed by atoms with Gasteiger partial charge in [0, 0.05) is 55.6 Å². The Kier molecular flexibility index (Phi) is 8.24. The first-order valence-corrected chi connectivity index (χ1v) is 16.3. The molecule has 7 rings (SSSR count). The lowest BCUT2D eigenvalue weighted by Gasteiger charge is -2.38. The summed E-state index contributed by atoms with van der Waals surface area (Å²) in [6.07, 6.45) is 9.84. The maximum absolute atomic E-state index is 13.0. The average Bonchev–Trinajstić information content (AvgIpc) is 3.63. The molecule has 2 aliphatic carbocycles. The summed E-state index contributed by atoms with van der Waals surface area (Å²) < 4.78 is 7.48. The highest BCUT2D eigenvalue weighted by Crippen LogP contribution is 2.44. The van der Waals surface area contributed by atoms with Crippen molar-refractivity contribution in [1.29, 1.82) is 0 Å². The molecule has 10 nitrogen and oxygen atoms in total. The molecular weight excluding hydrogens is 574 g/mol. The van der Waals surface area contributed by atoms with Crippen LogP contribution in [0.15, 0.2) is 48.8 Å². The van der Waals surface area contributed by atoms with Crippen LogP contribution in [0.4, 0.5) is 5.13 Å². The van der Waals surface area contributed by atoms with Crippen molar-refractivity contribution in [3.63, 3.8) is 0 Å². The molecular formula is C33H37N7O3S. The van der Waals surface area contributed by atoms with Crippen molar-refractivity contribution >= 4 is 28.3 Å². The fraction of sp³-hybridized carbons (Fsp3) is 0.424. The number of morpholine rings is 1. The molecule has 3 aliphatic rings. The van der Waals surface area contributed by atoms with Crippen molar-refractivity contribution in [2.24, 2.45) is 0 Å². The van der Waals surface area contributed by atoms with E-state index in [4.69, 9.17) is 14.8 Å². The zero-order valence-electron chi connectivity index (χ0n) is 24.9. The van der Waals surface area contributed by atoms with Gasteiger partial charge in [-0.25, -0.2) is 9.67 Å². The number of rotatable bonds is 7. The highest BCUT2D eigenvalue weighted by Gasteiger charge is 2.30. The Morgan fingerprint density at radius 3 is 2.57 bits per heavy atom. The van der Waals surface area contributed by atoms with Gasteiger partial charge in [0.2, 0.25) is 11.8 Å². The second kappa shape index (κ2) is 12.6. The standard InChI is InChI=1S/C33H37N7O3S/c1-21(41)35-33-37-28-13-12-27-30(23-3-2-14-34-20-23)38-40(31(27)32(28)44-33)26-8-4-22(5-9-26)19-29(42)36-24-6-10-25(11-7-24)39-15-17-43-18-16-39/h2-5,8-9,14,20,24-25H,6-7,10-13,15-19H2,1H3,(H,36,42)(H,35,37,41)/t24-,25-. The van der Waals surface area contributed by atoms with E-state index >= 15 is 0 Å². The number of carbonyl (C=O) groups is 2. The number of hydrogen-bond acceptors (Lipinski definition) is 8. The Hall–Kier alpha value is -3.93. The monoisotopic (exact) mass is 611 g/mol. The van der Waals surface area contributed by atoms with Gasteiger partial charge in [0.25, 0.3) is 0 Å². The molecule has 44 heavy (non-hydrogen) atoms. The number of pyridine rings is 1. The molecule has 3 aromatic heterocycles. The Bertz CT molecular complexity index is 1640. The summed E-state index contributed by atoms with van der Waals surface area (Å²) in [7, 11) is 0. The van der Waals surface area contributed by atoms with Crippen molar-refractivity contribution in [3.05, 3.63) is 65.6 Å². The summed E-state index contributed by atoms with van der Waals surface area (Å²) >= 11 is 1.48. The number of hydrogen-bond donors (Lipinski definition) is 2. The van der Waals surface area contributed by atoms with Gasteiger partial charge in [0.15, 0.2) is 5.13 Å². The molecule has 2 N–H and O–H groups in total. The summed E-state index contributed by atoms with van der Waals surface area (Å²) in [4.78, 5) is 37.3. The van der Waals surface area contributed by atoms with E-state index in [1.807, 2.05) is 47.3 Å². The Balaban J connectivity index is 1.08. The maximum atomic E-state index is 13.0. The van der Waals surface area contributed by atoms with Gasteiger partial charge in [-0.2, -0.15) is 5.10 Å². The van der Waals surface area contributed by atoms with Crippen molar-refractivity contribution in [2.45, 2.75) is 64.0 Å². The van der Waals surface area contributed by atoms with Gasteiger partial charge < -0.3 is 15.4 Å². The molecule has 4 heterocycles.